The van der Waals surface area contributed by atoms with Crippen molar-refractivity contribution < 1.29 is 23.8 Å². The van der Waals surface area contributed by atoms with Crippen LogP contribution in [0.2, 0.25) is 0 Å². The minimum atomic E-state index is -1.30. The molecule has 1 saturated heterocycles. The number of rotatable bonds is 3. The lowest BCUT2D eigenvalue weighted by molar-refractivity contribution is 0.0687. The highest BCUT2D eigenvalue weighted by Gasteiger charge is 2.17. The Labute approximate surface area is 130 Å². The molecule has 0 bridgehead atoms. The number of aromatic nitrogens is 3. The van der Waals surface area contributed by atoms with E-state index < -0.39 is 11.8 Å². The van der Waals surface area contributed by atoms with Gasteiger partial charge in [-0.1, -0.05) is 17.1 Å². The lowest BCUT2D eigenvalue weighted by Crippen LogP contribution is -2.00. The number of halogens is 1. The highest BCUT2D eigenvalue weighted by atomic mass is 19.1. The van der Waals surface area contributed by atoms with Crippen molar-refractivity contribution in [3.05, 3.63) is 35.3 Å². The number of nitrogens with zero attached hydrogens (tertiary/aromatic N) is 2. The number of benzene rings is 1. The monoisotopic (exact) mass is 317 g/mol. The zero-order valence-electron chi connectivity index (χ0n) is 11.9. The Morgan fingerprint density at radius 3 is 3.09 bits per heavy atom. The molecule has 1 aliphatic heterocycles. The molecule has 0 saturated carbocycles. The van der Waals surface area contributed by atoms with Gasteiger partial charge in [0, 0.05) is 18.6 Å². The summed E-state index contributed by atoms with van der Waals surface area (Å²) in [5.74, 6) is 3.97. The summed E-state index contributed by atoms with van der Waals surface area (Å²) < 4.78 is 24.5. The molecule has 0 spiro atoms. The molecule has 1 aromatic heterocycles. The Hall–Kier alpha value is -2.92. The first kappa shape index (κ1) is 15.0. The van der Waals surface area contributed by atoms with E-state index in [-0.39, 0.29) is 28.8 Å². The van der Waals surface area contributed by atoms with E-state index in [1.165, 1.54) is 12.1 Å². The molecular formula is C15H12FN3O4. The Morgan fingerprint density at radius 2 is 2.39 bits per heavy atom. The van der Waals surface area contributed by atoms with Crippen LogP contribution in [-0.4, -0.2) is 39.7 Å². The Balaban J connectivity index is 1.76. The van der Waals surface area contributed by atoms with Crippen molar-refractivity contribution >= 4 is 5.97 Å². The minimum Gasteiger partial charge on any atom is -0.476 e. The molecule has 0 radical (unpaired) electrons. The van der Waals surface area contributed by atoms with Crippen LogP contribution in [0, 0.1) is 23.6 Å². The molecule has 0 aliphatic carbocycles. The molecule has 1 aliphatic rings. The van der Waals surface area contributed by atoms with Gasteiger partial charge >= 0.3 is 5.97 Å². The average Bonchev–Trinajstić information content (AvgIpc) is 3.17. The number of H-pyrrole nitrogens is 1. The summed E-state index contributed by atoms with van der Waals surface area (Å²) in [6, 6.07) is 4.09. The van der Waals surface area contributed by atoms with E-state index >= 15 is 0 Å². The van der Waals surface area contributed by atoms with Gasteiger partial charge in [0.1, 0.15) is 11.6 Å². The minimum absolute atomic E-state index is 0.116. The first-order valence-electron chi connectivity index (χ1n) is 6.84. The van der Waals surface area contributed by atoms with Gasteiger partial charge in [0.25, 0.3) is 5.88 Å². The smallest absolute Gasteiger partial charge is 0.362 e. The molecule has 7 nitrogen and oxygen atoms in total. The average molecular weight is 317 g/mol. The molecule has 1 fully saturated rings. The van der Waals surface area contributed by atoms with Crippen LogP contribution in [0.3, 0.4) is 0 Å². The molecule has 118 valence electrons. The summed E-state index contributed by atoms with van der Waals surface area (Å²) in [5, 5.41) is 17.9. The van der Waals surface area contributed by atoms with Crippen LogP contribution in [0.25, 0.3) is 0 Å². The normalized spacial score (nSPS) is 16.7. The number of ether oxygens (including phenoxy) is 2. The quantitative estimate of drug-likeness (QED) is 0.838. The van der Waals surface area contributed by atoms with Crippen molar-refractivity contribution in [3.8, 4) is 23.5 Å². The largest absolute Gasteiger partial charge is 0.476 e. The molecule has 3 rings (SSSR count). The molecule has 1 unspecified atom stereocenters. The fourth-order valence-electron chi connectivity index (χ4n) is 2.04. The number of aromatic carboxylic acids is 1. The van der Waals surface area contributed by atoms with Gasteiger partial charge in [0.15, 0.2) is 0 Å². The number of hydrogen-bond acceptors (Lipinski definition) is 5. The second-order valence-electron chi connectivity index (χ2n) is 4.87. The second kappa shape index (κ2) is 6.46. The lowest BCUT2D eigenvalue weighted by Gasteiger charge is -2.04. The standard InChI is InChI=1S/C15H12FN3O4/c16-12-7-11(23-14-13(15(20)21)17-19-18-14)4-3-10(12)2-1-9-5-6-22-8-9/h3-4,7,9H,5-6,8H2,(H,20,21)(H,17,18,19). The van der Waals surface area contributed by atoms with Gasteiger partial charge in [-0.05, 0) is 18.6 Å². The van der Waals surface area contributed by atoms with Crippen molar-refractivity contribution in [3.63, 3.8) is 0 Å². The van der Waals surface area contributed by atoms with Gasteiger partial charge in [0.05, 0.1) is 12.2 Å². The molecular weight excluding hydrogens is 305 g/mol. The number of carboxylic acid groups (broad SMARTS) is 1. The summed E-state index contributed by atoms with van der Waals surface area (Å²) in [6.45, 7) is 1.25. The Bertz CT molecular complexity index is 788. The zero-order valence-corrected chi connectivity index (χ0v) is 11.9. The van der Waals surface area contributed by atoms with E-state index in [1.807, 2.05) is 0 Å². The Morgan fingerprint density at radius 1 is 1.52 bits per heavy atom. The predicted molar refractivity (Wildman–Crippen MR) is 75.6 cm³/mol. The molecule has 2 aromatic rings. The van der Waals surface area contributed by atoms with Gasteiger partial charge in [-0.15, -0.1) is 5.10 Å². The highest BCUT2D eigenvalue weighted by molar-refractivity contribution is 5.87. The van der Waals surface area contributed by atoms with E-state index in [0.717, 1.165) is 12.5 Å². The summed E-state index contributed by atoms with van der Waals surface area (Å²) >= 11 is 0. The van der Waals surface area contributed by atoms with Crippen molar-refractivity contribution in [1.29, 1.82) is 0 Å². The molecule has 1 atom stereocenters. The summed E-state index contributed by atoms with van der Waals surface area (Å²) in [7, 11) is 0. The summed E-state index contributed by atoms with van der Waals surface area (Å²) in [6.07, 6.45) is 0.848. The fraction of sp³-hybridized carbons (Fsp3) is 0.267. The first-order chi connectivity index (χ1) is 11.1. The third kappa shape index (κ3) is 3.46. The molecule has 0 amide bonds. The van der Waals surface area contributed by atoms with E-state index in [0.29, 0.717) is 13.2 Å². The van der Waals surface area contributed by atoms with Crippen LogP contribution in [0.5, 0.6) is 11.6 Å². The predicted octanol–water partition coefficient (Wildman–Crippen LogP) is 1.82. The number of nitrogens with one attached hydrogen (secondary N) is 1. The van der Waals surface area contributed by atoms with Crippen LogP contribution < -0.4 is 4.74 Å². The number of carbonyl (C=O) groups is 1. The number of carboxylic acids is 1. The molecule has 1 aromatic carbocycles. The van der Waals surface area contributed by atoms with Crippen molar-refractivity contribution in [1.82, 2.24) is 15.4 Å². The highest BCUT2D eigenvalue weighted by Crippen LogP contribution is 2.23. The van der Waals surface area contributed by atoms with Crippen LogP contribution in [0.15, 0.2) is 18.2 Å². The fourth-order valence-corrected chi connectivity index (χ4v) is 2.04. The van der Waals surface area contributed by atoms with Crippen LogP contribution in [0.1, 0.15) is 22.5 Å². The van der Waals surface area contributed by atoms with Gasteiger partial charge in [-0.25, -0.2) is 14.3 Å². The Kier molecular flexibility index (Phi) is 4.21. The lowest BCUT2D eigenvalue weighted by atomic mass is 10.1. The van der Waals surface area contributed by atoms with Crippen molar-refractivity contribution in [2.45, 2.75) is 6.42 Å². The van der Waals surface area contributed by atoms with Gasteiger partial charge in [-0.2, -0.15) is 0 Å². The molecule has 2 N–H and O–H groups in total. The topological polar surface area (TPSA) is 97.3 Å². The maximum atomic E-state index is 14.0. The zero-order chi connectivity index (χ0) is 16.2. The van der Waals surface area contributed by atoms with E-state index in [9.17, 15) is 9.18 Å². The third-order valence-electron chi connectivity index (χ3n) is 3.22. The summed E-state index contributed by atoms with van der Waals surface area (Å²) in [5.41, 5.74) is -0.138. The van der Waals surface area contributed by atoms with E-state index in [2.05, 4.69) is 27.3 Å². The van der Waals surface area contributed by atoms with Crippen molar-refractivity contribution in [2.24, 2.45) is 5.92 Å². The number of aromatic amines is 1. The second-order valence-corrected chi connectivity index (χ2v) is 4.87. The maximum absolute atomic E-state index is 14.0. The van der Waals surface area contributed by atoms with Crippen LogP contribution in [0.4, 0.5) is 4.39 Å². The van der Waals surface area contributed by atoms with Gasteiger partial charge in [-0.3, -0.25) is 0 Å². The van der Waals surface area contributed by atoms with Gasteiger partial charge in [0.2, 0.25) is 5.69 Å². The van der Waals surface area contributed by atoms with Crippen LogP contribution in [-0.2, 0) is 4.74 Å². The van der Waals surface area contributed by atoms with E-state index in [4.69, 9.17) is 14.6 Å². The summed E-state index contributed by atoms with van der Waals surface area (Å²) in [4.78, 5) is 10.9. The molecule has 8 heteroatoms. The van der Waals surface area contributed by atoms with Crippen molar-refractivity contribution in [2.75, 3.05) is 13.2 Å². The van der Waals surface area contributed by atoms with Crippen LogP contribution >= 0.6 is 0 Å². The molecule has 2 heterocycles. The van der Waals surface area contributed by atoms with E-state index in [1.54, 1.807) is 0 Å². The maximum Gasteiger partial charge on any atom is 0.362 e. The SMILES string of the molecule is O=C(O)c1nn[nH]c1Oc1ccc(C#CC2CCOC2)c(F)c1. The molecule has 23 heavy (non-hydrogen) atoms. The van der Waals surface area contributed by atoms with Gasteiger partial charge < -0.3 is 14.6 Å². The first-order valence-corrected chi connectivity index (χ1v) is 6.84. The number of hydrogen-bond donors (Lipinski definition) is 2. The third-order valence-corrected chi connectivity index (χ3v) is 3.22.